The van der Waals surface area contributed by atoms with Crippen LogP contribution in [0.25, 0.3) is 0 Å². The molecule has 4 heteroatoms. The number of alkyl halides is 1. The summed E-state index contributed by atoms with van der Waals surface area (Å²) < 4.78 is 0.0800. The summed E-state index contributed by atoms with van der Waals surface area (Å²) in [5.74, 6) is 0.674. The highest BCUT2D eigenvalue weighted by atomic mass is 127. The Morgan fingerprint density at radius 2 is 2.00 bits per heavy atom. The van der Waals surface area contributed by atoms with Crippen molar-refractivity contribution in [3.63, 3.8) is 0 Å². The Morgan fingerprint density at radius 3 is 2.30 bits per heavy atom. The molecule has 58 valence electrons. The number of amides is 1. The van der Waals surface area contributed by atoms with Gasteiger partial charge in [0.05, 0.1) is 3.92 Å². The van der Waals surface area contributed by atoms with E-state index in [2.05, 4.69) is 41.7 Å². The maximum absolute atomic E-state index is 10.9. The van der Waals surface area contributed by atoms with Crippen LogP contribution in [0.5, 0.6) is 0 Å². The molecule has 0 aromatic carbocycles. The van der Waals surface area contributed by atoms with Crippen LogP contribution in [0.15, 0.2) is 0 Å². The smallest absolute Gasteiger partial charge is 0.238 e. The molecule has 2 nitrogen and oxygen atoms in total. The average molecular weight is 253 g/mol. The number of rotatable bonds is 3. The third-order valence-corrected chi connectivity index (χ3v) is 1.61. The zero-order valence-corrected chi connectivity index (χ0v) is 8.81. The molecular weight excluding hydrogens is 240 g/mol. The van der Waals surface area contributed by atoms with E-state index in [1.165, 1.54) is 0 Å². The Morgan fingerprint density at radius 1 is 1.50 bits per heavy atom. The highest BCUT2D eigenvalue weighted by molar-refractivity contribution is 14.1. The van der Waals surface area contributed by atoms with Crippen molar-refractivity contribution < 1.29 is 4.79 Å². The number of carbonyl (C=O) groups is 1. The first-order chi connectivity index (χ1) is 4.54. The van der Waals surface area contributed by atoms with E-state index in [-0.39, 0.29) is 9.83 Å². The molecule has 0 fully saturated rings. The van der Waals surface area contributed by atoms with Gasteiger partial charge in [-0.2, -0.15) is 0 Å². The minimum Gasteiger partial charge on any atom is -0.401 e. The van der Waals surface area contributed by atoms with Crippen LogP contribution >= 0.6 is 22.6 Å². The van der Waals surface area contributed by atoms with E-state index in [1.54, 1.807) is 0 Å². The molecule has 0 aliphatic rings. The summed E-state index contributed by atoms with van der Waals surface area (Å²) in [6, 6.07) is 0. The molecule has 1 atom stereocenters. The second kappa shape index (κ2) is 4.99. The zero-order chi connectivity index (χ0) is 8.15. The van der Waals surface area contributed by atoms with Gasteiger partial charge in [-0.1, -0.05) is 42.3 Å². The predicted molar refractivity (Wildman–Crippen MR) is 53.9 cm³/mol. The molecule has 10 heavy (non-hydrogen) atoms. The molecule has 0 aromatic heterocycles. The van der Waals surface area contributed by atoms with E-state index in [0.717, 1.165) is 7.41 Å². The van der Waals surface area contributed by atoms with Gasteiger partial charge < -0.3 is 5.23 Å². The van der Waals surface area contributed by atoms with E-state index in [0.29, 0.717) is 5.82 Å². The standard InChI is InChI=1S/C6H13BINO/c1-4(2)7-9-6(10)5(3)8/h4-5,7H,1-3H3,(H,9,10). The van der Waals surface area contributed by atoms with Crippen molar-refractivity contribution in [2.75, 3.05) is 0 Å². The van der Waals surface area contributed by atoms with Crippen molar-refractivity contribution >= 4 is 35.9 Å². The van der Waals surface area contributed by atoms with Crippen LogP contribution in [0.2, 0.25) is 5.82 Å². The minimum absolute atomic E-state index is 0.0800. The summed E-state index contributed by atoms with van der Waals surface area (Å²) >= 11 is 2.10. The molecule has 1 N–H and O–H groups in total. The fourth-order valence-corrected chi connectivity index (χ4v) is 0.666. The summed E-state index contributed by atoms with van der Waals surface area (Å²) in [5.41, 5.74) is 0. The van der Waals surface area contributed by atoms with Crippen molar-refractivity contribution in [3.8, 4) is 0 Å². The second-order valence-corrected chi connectivity index (χ2v) is 4.62. The van der Waals surface area contributed by atoms with Crippen molar-refractivity contribution in [3.05, 3.63) is 0 Å². The first-order valence-electron chi connectivity index (χ1n) is 3.45. The topological polar surface area (TPSA) is 29.1 Å². The third kappa shape index (κ3) is 5.08. The highest BCUT2D eigenvalue weighted by Gasteiger charge is 2.08. The van der Waals surface area contributed by atoms with Gasteiger partial charge in [0.2, 0.25) is 13.3 Å². The number of hydrogen-bond donors (Lipinski definition) is 1. The number of halogens is 1. The van der Waals surface area contributed by atoms with Gasteiger partial charge in [0.1, 0.15) is 0 Å². The van der Waals surface area contributed by atoms with Crippen LogP contribution in [0.3, 0.4) is 0 Å². The van der Waals surface area contributed by atoms with Crippen LogP contribution in [-0.2, 0) is 4.79 Å². The van der Waals surface area contributed by atoms with Crippen molar-refractivity contribution in [2.24, 2.45) is 0 Å². The molecule has 1 unspecified atom stereocenters. The lowest BCUT2D eigenvalue weighted by atomic mass is 9.78. The first-order valence-corrected chi connectivity index (χ1v) is 4.70. The molecule has 0 aliphatic carbocycles. The monoisotopic (exact) mass is 253 g/mol. The summed E-state index contributed by atoms with van der Waals surface area (Å²) in [6.07, 6.45) is 0. The number of hydrogen-bond acceptors (Lipinski definition) is 1. The summed E-state index contributed by atoms with van der Waals surface area (Å²) in [4.78, 5) is 10.9. The lowest BCUT2D eigenvalue weighted by molar-refractivity contribution is -0.118. The van der Waals surface area contributed by atoms with Crippen molar-refractivity contribution in [1.29, 1.82) is 0 Å². The van der Waals surface area contributed by atoms with Gasteiger partial charge in [0.25, 0.3) is 0 Å². The number of nitrogens with one attached hydrogen (secondary N) is 1. The first kappa shape index (κ1) is 10.3. The van der Waals surface area contributed by atoms with Crippen LogP contribution in [-0.4, -0.2) is 17.2 Å². The number of carbonyl (C=O) groups excluding carboxylic acids is 1. The second-order valence-electron chi connectivity index (χ2n) is 2.76. The quantitative estimate of drug-likeness (QED) is 0.455. The lowest BCUT2D eigenvalue weighted by Gasteiger charge is -2.06. The molecule has 0 bridgehead atoms. The third-order valence-electron chi connectivity index (χ3n) is 1.05. The van der Waals surface area contributed by atoms with Gasteiger partial charge in [-0.15, -0.1) is 0 Å². The molecule has 0 radical (unpaired) electrons. The van der Waals surface area contributed by atoms with Crippen molar-refractivity contribution in [2.45, 2.75) is 30.5 Å². The van der Waals surface area contributed by atoms with E-state index in [4.69, 9.17) is 0 Å². The summed E-state index contributed by atoms with van der Waals surface area (Å²) in [5, 5.41) is 2.84. The molecule has 0 spiro atoms. The fraction of sp³-hybridized carbons (Fsp3) is 0.833. The van der Waals surface area contributed by atoms with Gasteiger partial charge in [-0.25, -0.2) is 0 Å². The summed E-state index contributed by atoms with van der Waals surface area (Å²) in [7, 11) is 0.784. The molecule has 0 saturated carbocycles. The van der Waals surface area contributed by atoms with Crippen LogP contribution in [0.4, 0.5) is 0 Å². The van der Waals surface area contributed by atoms with Gasteiger partial charge in [-0.05, 0) is 6.92 Å². The molecular formula is C6H13BINO. The fourth-order valence-electron chi connectivity index (χ4n) is 0.445. The predicted octanol–water partition coefficient (Wildman–Crippen LogP) is 1.11. The Balaban J connectivity index is 3.40. The SMILES string of the molecule is CC(C)BNC(=O)C(C)I. The molecule has 0 heterocycles. The van der Waals surface area contributed by atoms with Crippen LogP contribution < -0.4 is 5.23 Å². The Kier molecular flexibility index (Phi) is 5.12. The minimum atomic E-state index is 0.0800. The molecule has 0 aliphatic heterocycles. The van der Waals surface area contributed by atoms with Crippen LogP contribution in [0.1, 0.15) is 20.8 Å². The summed E-state index contributed by atoms with van der Waals surface area (Å²) in [6.45, 7) is 6.05. The van der Waals surface area contributed by atoms with Crippen LogP contribution in [0, 0.1) is 0 Å². The van der Waals surface area contributed by atoms with E-state index >= 15 is 0 Å². The van der Waals surface area contributed by atoms with Gasteiger partial charge in [0.15, 0.2) is 0 Å². The van der Waals surface area contributed by atoms with Gasteiger partial charge in [-0.3, -0.25) is 4.79 Å². The maximum atomic E-state index is 10.9. The van der Waals surface area contributed by atoms with Gasteiger partial charge in [0, 0.05) is 0 Å². The van der Waals surface area contributed by atoms with Crippen molar-refractivity contribution in [1.82, 2.24) is 5.23 Å². The van der Waals surface area contributed by atoms with Gasteiger partial charge >= 0.3 is 0 Å². The molecule has 0 saturated heterocycles. The Labute approximate surface area is 76.5 Å². The average Bonchev–Trinajstić information content (AvgIpc) is 1.82. The maximum Gasteiger partial charge on any atom is 0.238 e. The lowest BCUT2D eigenvalue weighted by Crippen LogP contribution is -2.33. The molecule has 0 rings (SSSR count). The Hall–Kier alpha value is 0.265. The molecule has 1 amide bonds. The highest BCUT2D eigenvalue weighted by Crippen LogP contribution is 1.99. The van der Waals surface area contributed by atoms with E-state index in [9.17, 15) is 4.79 Å². The normalized spacial score (nSPS) is 12.9. The van der Waals surface area contributed by atoms with E-state index in [1.807, 2.05) is 6.92 Å². The molecule has 0 aromatic rings. The Bertz CT molecular complexity index is 116. The van der Waals surface area contributed by atoms with E-state index < -0.39 is 0 Å². The zero-order valence-electron chi connectivity index (χ0n) is 6.65. The largest absolute Gasteiger partial charge is 0.401 e.